The van der Waals surface area contributed by atoms with E-state index in [-0.39, 0.29) is 30.0 Å². The number of nitrogens with one attached hydrogen (secondary N) is 1. The van der Waals surface area contributed by atoms with E-state index in [1.165, 1.54) is 12.1 Å². The Bertz CT molecular complexity index is 620. The van der Waals surface area contributed by atoms with Crippen molar-refractivity contribution >= 4 is 35.0 Å². The summed E-state index contributed by atoms with van der Waals surface area (Å²) in [5.41, 5.74) is 0.564. The lowest BCUT2D eigenvalue weighted by Crippen LogP contribution is -2.60. The maximum absolute atomic E-state index is 12.0. The van der Waals surface area contributed by atoms with Crippen LogP contribution in [0.2, 0.25) is 10.0 Å². The normalized spacial score (nSPS) is 25.5. The summed E-state index contributed by atoms with van der Waals surface area (Å²) in [6, 6.07) is 2.54. The fraction of sp³-hybridized carbons (Fsp3) is 0.429. The molecule has 5 nitrogen and oxygen atoms in total. The van der Waals surface area contributed by atoms with E-state index in [1.54, 1.807) is 4.90 Å². The number of amides is 2. The number of halogens is 2. The zero-order valence-corrected chi connectivity index (χ0v) is 12.6. The second-order valence-corrected chi connectivity index (χ2v) is 6.12. The summed E-state index contributed by atoms with van der Waals surface area (Å²) in [4.78, 5) is 25.4. The molecule has 7 heteroatoms. The van der Waals surface area contributed by atoms with Gasteiger partial charge in [-0.1, -0.05) is 23.2 Å². The van der Waals surface area contributed by atoms with Crippen molar-refractivity contribution < 1.29 is 14.7 Å². The first-order valence-corrected chi connectivity index (χ1v) is 7.48. The van der Waals surface area contributed by atoms with E-state index < -0.39 is 6.04 Å². The number of phenolic OH excluding ortho intramolecular Hbond substituents is 1. The Morgan fingerprint density at radius 3 is 2.81 bits per heavy atom. The lowest BCUT2D eigenvalue weighted by molar-refractivity contribution is -0.147. The molecule has 0 spiro atoms. The summed E-state index contributed by atoms with van der Waals surface area (Å²) >= 11 is 12.2. The van der Waals surface area contributed by atoms with E-state index in [2.05, 4.69) is 5.32 Å². The number of nitrogens with zero attached hydrogens (tertiary/aromatic N) is 1. The number of hydrogen-bond donors (Lipinski definition) is 2. The van der Waals surface area contributed by atoms with Crippen LogP contribution in [0.15, 0.2) is 12.1 Å². The van der Waals surface area contributed by atoms with E-state index in [4.69, 9.17) is 23.2 Å². The minimum absolute atomic E-state index is 0.0587. The van der Waals surface area contributed by atoms with Gasteiger partial charge in [-0.15, -0.1) is 0 Å². The number of fused-ring (bicyclic) bond motifs is 1. The Balaban J connectivity index is 1.91. The number of phenols is 1. The van der Waals surface area contributed by atoms with Gasteiger partial charge in [0, 0.05) is 12.1 Å². The highest BCUT2D eigenvalue weighted by molar-refractivity contribution is 6.42. The molecule has 2 amide bonds. The van der Waals surface area contributed by atoms with Crippen molar-refractivity contribution in [2.45, 2.75) is 24.8 Å². The van der Waals surface area contributed by atoms with Gasteiger partial charge in [0.1, 0.15) is 11.8 Å². The molecule has 2 fully saturated rings. The van der Waals surface area contributed by atoms with Crippen LogP contribution in [0.4, 0.5) is 0 Å². The maximum atomic E-state index is 12.0. The Morgan fingerprint density at radius 1 is 1.29 bits per heavy atom. The first kappa shape index (κ1) is 14.5. The molecule has 2 unspecified atom stereocenters. The maximum Gasteiger partial charge on any atom is 0.243 e. The number of rotatable bonds is 1. The average molecular weight is 329 g/mol. The number of carbonyl (C=O) groups is 2. The van der Waals surface area contributed by atoms with Gasteiger partial charge in [-0.05, 0) is 30.9 Å². The van der Waals surface area contributed by atoms with Crippen molar-refractivity contribution in [3.05, 3.63) is 27.7 Å². The van der Waals surface area contributed by atoms with Crippen LogP contribution in [0.3, 0.4) is 0 Å². The number of aromatic hydroxyl groups is 1. The van der Waals surface area contributed by atoms with Crippen molar-refractivity contribution in [3.8, 4) is 5.75 Å². The molecule has 2 heterocycles. The highest BCUT2D eigenvalue weighted by Gasteiger charge is 2.40. The average Bonchev–Trinajstić information content (AvgIpc) is 2.47. The molecule has 2 aliphatic heterocycles. The van der Waals surface area contributed by atoms with Gasteiger partial charge in [0.25, 0.3) is 0 Å². The van der Waals surface area contributed by atoms with Gasteiger partial charge >= 0.3 is 0 Å². The van der Waals surface area contributed by atoms with Gasteiger partial charge in [-0.25, -0.2) is 0 Å². The Hall–Kier alpha value is -1.46. The third kappa shape index (κ3) is 2.45. The van der Waals surface area contributed by atoms with Crippen molar-refractivity contribution in [1.29, 1.82) is 0 Å². The van der Waals surface area contributed by atoms with Gasteiger partial charge in [0.15, 0.2) is 0 Å². The zero-order chi connectivity index (χ0) is 15.1. The van der Waals surface area contributed by atoms with Gasteiger partial charge < -0.3 is 15.3 Å². The fourth-order valence-electron chi connectivity index (χ4n) is 3.10. The zero-order valence-electron chi connectivity index (χ0n) is 11.1. The number of benzene rings is 1. The van der Waals surface area contributed by atoms with Crippen LogP contribution in [0, 0.1) is 0 Å². The monoisotopic (exact) mass is 328 g/mol. The Morgan fingerprint density at radius 2 is 2.05 bits per heavy atom. The van der Waals surface area contributed by atoms with E-state index in [0.29, 0.717) is 35.0 Å². The summed E-state index contributed by atoms with van der Waals surface area (Å²) < 4.78 is 0. The fourth-order valence-corrected chi connectivity index (χ4v) is 3.58. The molecular formula is C14H14Cl2N2O3. The van der Waals surface area contributed by atoms with Gasteiger partial charge in [-0.2, -0.15) is 0 Å². The summed E-state index contributed by atoms with van der Waals surface area (Å²) in [5, 5.41) is 13.3. The SMILES string of the molecule is O=C1NCC(=O)N2CCC(c3c(O)ccc(Cl)c3Cl)CC12. The van der Waals surface area contributed by atoms with E-state index >= 15 is 0 Å². The molecular weight excluding hydrogens is 315 g/mol. The summed E-state index contributed by atoms with van der Waals surface area (Å²) in [6.07, 6.45) is 1.08. The highest BCUT2D eigenvalue weighted by Crippen LogP contribution is 2.43. The predicted molar refractivity (Wildman–Crippen MR) is 78.6 cm³/mol. The topological polar surface area (TPSA) is 69.6 Å². The van der Waals surface area contributed by atoms with Crippen LogP contribution < -0.4 is 5.32 Å². The molecule has 0 saturated carbocycles. The van der Waals surface area contributed by atoms with Crippen LogP contribution >= 0.6 is 23.2 Å². The van der Waals surface area contributed by atoms with Crippen LogP contribution in [-0.2, 0) is 9.59 Å². The Labute approximate surface area is 131 Å². The van der Waals surface area contributed by atoms with E-state index in [0.717, 1.165) is 0 Å². The molecule has 0 aromatic heterocycles. The molecule has 21 heavy (non-hydrogen) atoms. The van der Waals surface area contributed by atoms with Crippen LogP contribution in [0.5, 0.6) is 5.75 Å². The first-order chi connectivity index (χ1) is 9.99. The number of hydrogen-bond acceptors (Lipinski definition) is 3. The first-order valence-electron chi connectivity index (χ1n) is 6.73. The van der Waals surface area contributed by atoms with Crippen LogP contribution in [0.25, 0.3) is 0 Å². The lowest BCUT2D eigenvalue weighted by atomic mass is 9.83. The molecule has 112 valence electrons. The van der Waals surface area contributed by atoms with E-state index in [1.807, 2.05) is 0 Å². The summed E-state index contributed by atoms with van der Waals surface area (Å²) in [7, 11) is 0. The number of piperidine rings is 1. The second-order valence-electron chi connectivity index (χ2n) is 5.34. The van der Waals surface area contributed by atoms with Crippen molar-refractivity contribution in [2.75, 3.05) is 13.1 Å². The van der Waals surface area contributed by atoms with E-state index in [9.17, 15) is 14.7 Å². The molecule has 2 atom stereocenters. The largest absolute Gasteiger partial charge is 0.508 e. The molecule has 2 N–H and O–H groups in total. The van der Waals surface area contributed by atoms with Crippen LogP contribution in [0.1, 0.15) is 24.3 Å². The number of carbonyl (C=O) groups excluding carboxylic acids is 2. The third-order valence-electron chi connectivity index (χ3n) is 4.16. The standard InChI is InChI=1S/C14H14Cl2N2O3/c15-8-1-2-10(19)12(13(8)16)7-3-4-18-9(5-7)14(21)17-6-11(18)20/h1-2,7,9,19H,3-6H2,(H,17,21). The number of piperazine rings is 1. The predicted octanol–water partition coefficient (Wildman–Crippen LogP) is 1.90. The van der Waals surface area contributed by atoms with Crippen molar-refractivity contribution in [2.24, 2.45) is 0 Å². The smallest absolute Gasteiger partial charge is 0.243 e. The van der Waals surface area contributed by atoms with Gasteiger partial charge in [-0.3, -0.25) is 9.59 Å². The molecule has 0 aliphatic carbocycles. The molecule has 2 saturated heterocycles. The minimum atomic E-state index is -0.501. The molecule has 0 bridgehead atoms. The Kier molecular flexibility index (Phi) is 3.71. The van der Waals surface area contributed by atoms with Crippen molar-refractivity contribution in [3.63, 3.8) is 0 Å². The van der Waals surface area contributed by atoms with Crippen molar-refractivity contribution in [1.82, 2.24) is 10.2 Å². The molecule has 3 rings (SSSR count). The second kappa shape index (κ2) is 5.39. The minimum Gasteiger partial charge on any atom is -0.508 e. The van der Waals surface area contributed by atoms with Crippen LogP contribution in [-0.4, -0.2) is 41.0 Å². The third-order valence-corrected chi connectivity index (χ3v) is 4.98. The summed E-state index contributed by atoms with van der Waals surface area (Å²) in [6.45, 7) is 0.535. The molecule has 2 aliphatic rings. The molecule has 1 aromatic carbocycles. The summed E-state index contributed by atoms with van der Waals surface area (Å²) in [5.74, 6) is -0.254. The quantitative estimate of drug-likeness (QED) is 0.827. The lowest BCUT2D eigenvalue weighted by Gasteiger charge is -2.41. The van der Waals surface area contributed by atoms with Gasteiger partial charge in [0.05, 0.1) is 16.6 Å². The molecule has 1 aromatic rings. The highest BCUT2D eigenvalue weighted by atomic mass is 35.5. The molecule has 0 radical (unpaired) electrons. The van der Waals surface area contributed by atoms with Gasteiger partial charge in [0.2, 0.25) is 11.8 Å².